The topological polar surface area (TPSA) is 12.0 Å². The Labute approximate surface area is 99.3 Å². The normalized spacial score (nSPS) is 24.4. The van der Waals surface area contributed by atoms with Crippen molar-refractivity contribution in [3.8, 4) is 0 Å². The standard InChI is InChI=1S/C15H23N/c1-11(2)14(12-8-6-5-7-9-12)16-13-10-15(13,3)4/h5-9,11,13-14,16H,10H2,1-4H3. The van der Waals surface area contributed by atoms with Crippen molar-refractivity contribution in [3.05, 3.63) is 35.9 Å². The van der Waals surface area contributed by atoms with Crippen LogP contribution >= 0.6 is 0 Å². The first-order valence-electron chi connectivity index (χ1n) is 6.32. The van der Waals surface area contributed by atoms with Crippen LogP contribution in [0.25, 0.3) is 0 Å². The summed E-state index contributed by atoms with van der Waals surface area (Å²) in [6.45, 7) is 9.26. The summed E-state index contributed by atoms with van der Waals surface area (Å²) in [5.74, 6) is 0.638. The highest BCUT2D eigenvalue weighted by Gasteiger charge is 2.46. The monoisotopic (exact) mass is 217 g/mol. The summed E-state index contributed by atoms with van der Waals surface area (Å²) in [7, 11) is 0. The zero-order valence-electron chi connectivity index (χ0n) is 10.8. The molecule has 16 heavy (non-hydrogen) atoms. The van der Waals surface area contributed by atoms with Crippen LogP contribution in [0.1, 0.15) is 45.7 Å². The summed E-state index contributed by atoms with van der Waals surface area (Å²) in [5.41, 5.74) is 1.92. The van der Waals surface area contributed by atoms with Crippen LogP contribution in [0.5, 0.6) is 0 Å². The molecule has 0 saturated heterocycles. The van der Waals surface area contributed by atoms with Crippen molar-refractivity contribution >= 4 is 0 Å². The highest BCUT2D eigenvalue weighted by molar-refractivity contribution is 5.20. The van der Waals surface area contributed by atoms with Gasteiger partial charge in [0.1, 0.15) is 0 Å². The average molecular weight is 217 g/mol. The van der Waals surface area contributed by atoms with Gasteiger partial charge in [-0.1, -0.05) is 58.0 Å². The second-order valence-corrected chi connectivity index (χ2v) is 6.04. The Morgan fingerprint density at radius 2 is 1.75 bits per heavy atom. The van der Waals surface area contributed by atoms with E-state index in [1.54, 1.807) is 0 Å². The Bertz CT molecular complexity index is 340. The molecule has 1 aliphatic carbocycles. The number of rotatable bonds is 4. The number of benzene rings is 1. The number of hydrogen-bond acceptors (Lipinski definition) is 1. The third-order valence-corrected chi connectivity index (χ3v) is 3.72. The zero-order valence-corrected chi connectivity index (χ0v) is 10.8. The van der Waals surface area contributed by atoms with Crippen LogP contribution in [-0.2, 0) is 0 Å². The summed E-state index contributed by atoms with van der Waals surface area (Å²) in [5, 5.41) is 3.80. The third kappa shape index (κ3) is 2.46. The predicted octanol–water partition coefficient (Wildman–Crippen LogP) is 3.77. The third-order valence-electron chi connectivity index (χ3n) is 3.72. The van der Waals surface area contributed by atoms with Crippen molar-refractivity contribution in [2.24, 2.45) is 11.3 Å². The van der Waals surface area contributed by atoms with Gasteiger partial charge in [0.2, 0.25) is 0 Å². The van der Waals surface area contributed by atoms with Crippen molar-refractivity contribution in [2.45, 2.75) is 46.2 Å². The van der Waals surface area contributed by atoms with Gasteiger partial charge in [0.05, 0.1) is 0 Å². The lowest BCUT2D eigenvalue weighted by molar-refractivity contribution is 0.385. The van der Waals surface area contributed by atoms with Crippen LogP contribution in [0.2, 0.25) is 0 Å². The lowest BCUT2D eigenvalue weighted by Crippen LogP contribution is -2.29. The largest absolute Gasteiger partial charge is 0.306 e. The molecule has 0 spiro atoms. The highest BCUT2D eigenvalue weighted by atomic mass is 15.0. The Hall–Kier alpha value is -0.820. The molecule has 1 N–H and O–H groups in total. The van der Waals surface area contributed by atoms with Gasteiger partial charge >= 0.3 is 0 Å². The Morgan fingerprint density at radius 1 is 1.19 bits per heavy atom. The van der Waals surface area contributed by atoms with E-state index in [-0.39, 0.29) is 0 Å². The van der Waals surface area contributed by atoms with E-state index in [1.165, 1.54) is 12.0 Å². The zero-order chi connectivity index (χ0) is 11.8. The van der Waals surface area contributed by atoms with Gasteiger partial charge in [0, 0.05) is 12.1 Å². The van der Waals surface area contributed by atoms with Gasteiger partial charge in [-0.25, -0.2) is 0 Å². The molecule has 1 saturated carbocycles. The molecule has 1 aromatic rings. The van der Waals surface area contributed by atoms with Crippen molar-refractivity contribution in [1.82, 2.24) is 5.32 Å². The van der Waals surface area contributed by atoms with Crippen LogP contribution in [0, 0.1) is 11.3 Å². The Morgan fingerprint density at radius 3 is 2.19 bits per heavy atom. The molecule has 1 nitrogen and oxygen atoms in total. The fraction of sp³-hybridized carbons (Fsp3) is 0.600. The molecule has 2 atom stereocenters. The van der Waals surface area contributed by atoms with Crippen molar-refractivity contribution < 1.29 is 0 Å². The van der Waals surface area contributed by atoms with Crippen molar-refractivity contribution in [1.29, 1.82) is 0 Å². The molecular formula is C15H23N. The lowest BCUT2D eigenvalue weighted by atomic mass is 9.95. The smallest absolute Gasteiger partial charge is 0.0346 e. The molecule has 1 heteroatoms. The van der Waals surface area contributed by atoms with Gasteiger partial charge in [0.15, 0.2) is 0 Å². The molecule has 2 rings (SSSR count). The van der Waals surface area contributed by atoms with Gasteiger partial charge in [-0.05, 0) is 23.3 Å². The lowest BCUT2D eigenvalue weighted by Gasteiger charge is -2.24. The molecule has 0 aromatic heterocycles. The first-order valence-corrected chi connectivity index (χ1v) is 6.32. The highest BCUT2D eigenvalue weighted by Crippen LogP contribution is 2.46. The van der Waals surface area contributed by atoms with E-state index >= 15 is 0 Å². The number of hydrogen-bond donors (Lipinski definition) is 1. The first-order chi connectivity index (χ1) is 7.50. The molecule has 0 aliphatic heterocycles. The van der Waals surface area contributed by atoms with Crippen LogP contribution < -0.4 is 5.32 Å². The maximum Gasteiger partial charge on any atom is 0.0346 e. The van der Waals surface area contributed by atoms with Gasteiger partial charge in [-0.15, -0.1) is 0 Å². The second-order valence-electron chi connectivity index (χ2n) is 6.04. The first kappa shape index (κ1) is 11.7. The predicted molar refractivity (Wildman–Crippen MR) is 69.3 cm³/mol. The van der Waals surface area contributed by atoms with Crippen LogP contribution in [-0.4, -0.2) is 6.04 Å². The minimum Gasteiger partial charge on any atom is -0.306 e. The Balaban J connectivity index is 2.07. The summed E-state index contributed by atoms with van der Waals surface area (Å²) in [6.07, 6.45) is 1.31. The fourth-order valence-corrected chi connectivity index (χ4v) is 2.30. The van der Waals surface area contributed by atoms with Gasteiger partial charge in [-0.2, -0.15) is 0 Å². The van der Waals surface area contributed by atoms with Crippen LogP contribution in [0.15, 0.2) is 30.3 Å². The molecule has 0 amide bonds. The van der Waals surface area contributed by atoms with Crippen LogP contribution in [0.4, 0.5) is 0 Å². The SMILES string of the molecule is CC(C)C(NC1CC1(C)C)c1ccccc1. The molecule has 1 fully saturated rings. The maximum absolute atomic E-state index is 3.80. The molecule has 88 valence electrons. The van der Waals surface area contributed by atoms with E-state index in [0.717, 1.165) is 0 Å². The quantitative estimate of drug-likeness (QED) is 0.809. The minimum atomic E-state index is 0.493. The molecule has 0 heterocycles. The van der Waals surface area contributed by atoms with E-state index in [0.29, 0.717) is 23.4 Å². The molecule has 0 bridgehead atoms. The summed E-state index contributed by atoms with van der Waals surface area (Å²) in [4.78, 5) is 0. The minimum absolute atomic E-state index is 0.493. The summed E-state index contributed by atoms with van der Waals surface area (Å²) < 4.78 is 0. The number of nitrogens with one attached hydrogen (secondary N) is 1. The van der Waals surface area contributed by atoms with Crippen LogP contribution in [0.3, 0.4) is 0 Å². The molecule has 0 radical (unpaired) electrons. The molecular weight excluding hydrogens is 194 g/mol. The van der Waals surface area contributed by atoms with E-state index in [2.05, 4.69) is 63.3 Å². The summed E-state index contributed by atoms with van der Waals surface area (Å²) in [6, 6.07) is 12.0. The van der Waals surface area contributed by atoms with Crippen molar-refractivity contribution in [2.75, 3.05) is 0 Å². The van der Waals surface area contributed by atoms with E-state index in [4.69, 9.17) is 0 Å². The van der Waals surface area contributed by atoms with E-state index in [9.17, 15) is 0 Å². The Kier molecular flexibility index (Phi) is 3.07. The van der Waals surface area contributed by atoms with Crippen molar-refractivity contribution in [3.63, 3.8) is 0 Å². The second kappa shape index (κ2) is 4.21. The van der Waals surface area contributed by atoms with Gasteiger partial charge in [-0.3, -0.25) is 0 Å². The molecule has 1 aromatic carbocycles. The maximum atomic E-state index is 3.80. The van der Waals surface area contributed by atoms with Gasteiger partial charge < -0.3 is 5.32 Å². The molecule has 1 aliphatic rings. The molecule has 2 unspecified atom stereocenters. The van der Waals surface area contributed by atoms with E-state index < -0.39 is 0 Å². The summed E-state index contributed by atoms with van der Waals surface area (Å²) >= 11 is 0. The van der Waals surface area contributed by atoms with Gasteiger partial charge in [0.25, 0.3) is 0 Å². The van der Waals surface area contributed by atoms with E-state index in [1.807, 2.05) is 0 Å². The average Bonchev–Trinajstić information content (AvgIpc) is 2.84. The fourth-order valence-electron chi connectivity index (χ4n) is 2.30.